The van der Waals surface area contributed by atoms with Gasteiger partial charge in [0.05, 0.1) is 6.54 Å². The Morgan fingerprint density at radius 2 is 1.92 bits per heavy atom. The maximum Gasteiger partial charge on any atom is 0.241 e. The van der Waals surface area contributed by atoms with Gasteiger partial charge in [0, 0.05) is 55.5 Å². The average molecular weight is 351 g/mol. The Bertz CT molecular complexity index is 828. The van der Waals surface area contributed by atoms with E-state index in [1.807, 2.05) is 31.6 Å². The van der Waals surface area contributed by atoms with Gasteiger partial charge >= 0.3 is 0 Å². The van der Waals surface area contributed by atoms with Crippen LogP contribution in [-0.4, -0.2) is 50.1 Å². The molecule has 1 aliphatic heterocycles. The normalized spacial score (nSPS) is 14.3. The Kier molecular flexibility index (Phi) is 4.83. The van der Waals surface area contributed by atoms with Gasteiger partial charge in [0.25, 0.3) is 0 Å². The Labute approximate surface area is 151 Å². The van der Waals surface area contributed by atoms with Gasteiger partial charge in [0.15, 0.2) is 0 Å². The molecule has 0 unspecified atom stereocenters. The number of hydrogen-bond acceptors (Lipinski definition) is 8. The third kappa shape index (κ3) is 3.85. The highest BCUT2D eigenvalue weighted by Crippen LogP contribution is 2.16. The Balaban J connectivity index is 1.35. The summed E-state index contributed by atoms with van der Waals surface area (Å²) in [6, 6.07) is 3.76. The van der Waals surface area contributed by atoms with Gasteiger partial charge in [0.1, 0.15) is 0 Å². The summed E-state index contributed by atoms with van der Waals surface area (Å²) in [4.78, 5) is 21.8. The van der Waals surface area contributed by atoms with E-state index in [-0.39, 0.29) is 0 Å². The predicted molar refractivity (Wildman–Crippen MR) is 96.2 cm³/mol. The van der Waals surface area contributed by atoms with E-state index >= 15 is 0 Å². The molecule has 0 aromatic carbocycles. The lowest BCUT2D eigenvalue weighted by Gasteiger charge is -2.16. The highest BCUT2D eigenvalue weighted by molar-refractivity contribution is 5.51. The van der Waals surface area contributed by atoms with Gasteiger partial charge in [0.2, 0.25) is 17.7 Å². The van der Waals surface area contributed by atoms with Crippen LogP contribution in [0.25, 0.3) is 11.4 Å². The monoisotopic (exact) mass is 351 g/mol. The van der Waals surface area contributed by atoms with Crippen molar-refractivity contribution >= 4 is 5.95 Å². The molecule has 1 aliphatic rings. The van der Waals surface area contributed by atoms with Crippen LogP contribution in [0.4, 0.5) is 5.95 Å². The molecule has 8 heteroatoms. The molecule has 4 heterocycles. The minimum atomic E-state index is 0.555. The van der Waals surface area contributed by atoms with E-state index < -0.39 is 0 Å². The van der Waals surface area contributed by atoms with Crippen LogP contribution in [0.15, 0.2) is 41.4 Å². The Morgan fingerprint density at radius 3 is 2.65 bits per heavy atom. The van der Waals surface area contributed by atoms with Gasteiger partial charge in [-0.3, -0.25) is 9.88 Å². The zero-order valence-electron chi connectivity index (χ0n) is 14.7. The highest BCUT2D eigenvalue weighted by Gasteiger charge is 2.15. The van der Waals surface area contributed by atoms with Crippen molar-refractivity contribution in [1.29, 1.82) is 0 Å². The first-order chi connectivity index (χ1) is 12.8. The van der Waals surface area contributed by atoms with Crippen molar-refractivity contribution in [3.63, 3.8) is 0 Å². The minimum absolute atomic E-state index is 0.555. The fraction of sp³-hybridized carbons (Fsp3) is 0.389. The van der Waals surface area contributed by atoms with E-state index in [9.17, 15) is 0 Å². The molecule has 0 aliphatic carbocycles. The van der Waals surface area contributed by atoms with Crippen LogP contribution >= 0.6 is 0 Å². The fourth-order valence-electron chi connectivity index (χ4n) is 3.04. The molecule has 0 spiro atoms. The zero-order valence-corrected chi connectivity index (χ0v) is 14.7. The van der Waals surface area contributed by atoms with E-state index in [2.05, 4.69) is 34.9 Å². The van der Waals surface area contributed by atoms with Crippen LogP contribution in [0.1, 0.15) is 24.3 Å². The number of nitrogens with zero attached hydrogens (tertiary/aromatic N) is 7. The SMILES string of the molecule is CN(Cc1cnc(N2CCCC2)nc1)Cc1nc(-c2cccnc2)no1. The quantitative estimate of drug-likeness (QED) is 0.668. The Hall–Kier alpha value is -2.87. The molecule has 0 atom stereocenters. The molecule has 1 fully saturated rings. The van der Waals surface area contributed by atoms with Gasteiger partial charge in [-0.15, -0.1) is 0 Å². The van der Waals surface area contributed by atoms with Crippen molar-refractivity contribution in [3.05, 3.63) is 48.4 Å². The van der Waals surface area contributed by atoms with Gasteiger partial charge in [-0.2, -0.15) is 4.98 Å². The van der Waals surface area contributed by atoms with Crippen molar-refractivity contribution in [2.45, 2.75) is 25.9 Å². The maximum atomic E-state index is 5.35. The summed E-state index contributed by atoms with van der Waals surface area (Å²) in [5.74, 6) is 1.95. The molecule has 4 rings (SSSR count). The zero-order chi connectivity index (χ0) is 17.8. The third-order valence-corrected chi connectivity index (χ3v) is 4.33. The van der Waals surface area contributed by atoms with Crippen molar-refractivity contribution in [1.82, 2.24) is 30.0 Å². The summed E-state index contributed by atoms with van der Waals surface area (Å²) in [6.45, 7) is 3.37. The van der Waals surface area contributed by atoms with Crippen LogP contribution in [0.5, 0.6) is 0 Å². The van der Waals surface area contributed by atoms with E-state index in [0.29, 0.717) is 24.8 Å². The first kappa shape index (κ1) is 16.6. The predicted octanol–water partition coefficient (Wildman–Crippen LogP) is 2.15. The summed E-state index contributed by atoms with van der Waals surface area (Å²) < 4.78 is 5.35. The lowest BCUT2D eigenvalue weighted by atomic mass is 10.3. The number of hydrogen-bond donors (Lipinski definition) is 0. The molecule has 0 saturated carbocycles. The smallest absolute Gasteiger partial charge is 0.241 e. The lowest BCUT2D eigenvalue weighted by molar-refractivity contribution is 0.260. The number of aromatic nitrogens is 5. The largest absolute Gasteiger partial charge is 0.341 e. The number of anilines is 1. The topological polar surface area (TPSA) is 84.1 Å². The van der Waals surface area contributed by atoms with E-state index in [1.165, 1.54) is 12.8 Å². The standard InChI is InChI=1S/C18H21N7O/c1-24(12-14-9-20-18(21-10-14)25-7-2-3-8-25)13-16-22-17(23-26-16)15-5-4-6-19-11-15/h4-6,9-11H,2-3,7-8,12-13H2,1H3. The molecule has 3 aromatic rings. The Morgan fingerprint density at radius 1 is 1.12 bits per heavy atom. The first-order valence-corrected chi connectivity index (χ1v) is 8.75. The molecule has 134 valence electrons. The van der Waals surface area contributed by atoms with Crippen LogP contribution < -0.4 is 4.90 Å². The summed E-state index contributed by atoms with van der Waals surface area (Å²) in [7, 11) is 2.00. The number of pyridine rings is 1. The van der Waals surface area contributed by atoms with Crippen molar-refractivity contribution < 1.29 is 4.52 Å². The van der Waals surface area contributed by atoms with Crippen molar-refractivity contribution in [2.75, 3.05) is 25.0 Å². The summed E-state index contributed by atoms with van der Waals surface area (Å²) in [5, 5.41) is 4.02. The first-order valence-electron chi connectivity index (χ1n) is 8.75. The summed E-state index contributed by atoms with van der Waals surface area (Å²) >= 11 is 0. The second kappa shape index (κ2) is 7.57. The van der Waals surface area contributed by atoms with Crippen molar-refractivity contribution in [2.24, 2.45) is 0 Å². The fourth-order valence-corrected chi connectivity index (χ4v) is 3.04. The van der Waals surface area contributed by atoms with Gasteiger partial charge in [-0.05, 0) is 32.0 Å². The van der Waals surface area contributed by atoms with Gasteiger partial charge < -0.3 is 9.42 Å². The lowest BCUT2D eigenvalue weighted by Crippen LogP contribution is -2.21. The van der Waals surface area contributed by atoms with Crippen LogP contribution in [0, 0.1) is 0 Å². The molecular formula is C18H21N7O. The molecule has 0 bridgehead atoms. The second-order valence-electron chi connectivity index (χ2n) is 6.51. The maximum absolute atomic E-state index is 5.35. The molecule has 3 aromatic heterocycles. The molecular weight excluding hydrogens is 330 g/mol. The molecule has 0 amide bonds. The minimum Gasteiger partial charge on any atom is -0.341 e. The van der Waals surface area contributed by atoms with Crippen LogP contribution in [-0.2, 0) is 13.1 Å². The summed E-state index contributed by atoms with van der Waals surface area (Å²) in [6.07, 6.45) is 9.67. The highest BCUT2D eigenvalue weighted by atomic mass is 16.5. The number of rotatable bonds is 6. The molecule has 0 N–H and O–H groups in total. The molecule has 0 radical (unpaired) electrons. The molecule has 26 heavy (non-hydrogen) atoms. The van der Waals surface area contributed by atoms with Crippen LogP contribution in [0.2, 0.25) is 0 Å². The third-order valence-electron chi connectivity index (χ3n) is 4.33. The summed E-state index contributed by atoms with van der Waals surface area (Å²) in [5.41, 5.74) is 1.90. The average Bonchev–Trinajstić information content (AvgIpc) is 3.35. The van der Waals surface area contributed by atoms with E-state index in [0.717, 1.165) is 30.2 Å². The van der Waals surface area contributed by atoms with E-state index in [4.69, 9.17) is 4.52 Å². The van der Waals surface area contributed by atoms with Crippen molar-refractivity contribution in [3.8, 4) is 11.4 Å². The molecule has 1 saturated heterocycles. The van der Waals surface area contributed by atoms with E-state index in [1.54, 1.807) is 12.4 Å². The molecule has 8 nitrogen and oxygen atoms in total. The van der Waals surface area contributed by atoms with Crippen LogP contribution in [0.3, 0.4) is 0 Å². The van der Waals surface area contributed by atoms with Gasteiger partial charge in [-0.25, -0.2) is 9.97 Å². The second-order valence-corrected chi connectivity index (χ2v) is 6.51. The van der Waals surface area contributed by atoms with Gasteiger partial charge in [-0.1, -0.05) is 5.16 Å².